The van der Waals surface area contributed by atoms with Crippen molar-refractivity contribution in [3.05, 3.63) is 0 Å². The number of hydrogen-bond donors (Lipinski definition) is 1. The maximum atomic E-state index is 11.3. The van der Waals surface area contributed by atoms with Crippen molar-refractivity contribution in [2.75, 3.05) is 19.6 Å². The molecule has 0 aromatic heterocycles. The van der Waals surface area contributed by atoms with Crippen LogP contribution in [0.5, 0.6) is 0 Å². The van der Waals surface area contributed by atoms with E-state index in [1.807, 2.05) is 20.8 Å². The van der Waals surface area contributed by atoms with Gasteiger partial charge >= 0.3 is 6.03 Å². The highest BCUT2D eigenvalue weighted by Gasteiger charge is 2.12. The second-order valence-electron chi connectivity index (χ2n) is 2.90. The van der Waals surface area contributed by atoms with Crippen LogP contribution in [0.3, 0.4) is 0 Å². The molecule has 0 radical (unpaired) electrons. The molecular weight excluding hydrogens is 166 g/mol. The van der Waals surface area contributed by atoms with Gasteiger partial charge in [0.1, 0.15) is 0 Å². The fourth-order valence-electron chi connectivity index (χ4n) is 0.990. The number of nitrogens with one attached hydrogen (secondary N) is 1. The zero-order valence-electron chi connectivity index (χ0n) is 8.50. The van der Waals surface area contributed by atoms with E-state index in [0.717, 1.165) is 0 Å². The van der Waals surface area contributed by atoms with Crippen LogP contribution in [0.15, 0.2) is 0 Å². The summed E-state index contributed by atoms with van der Waals surface area (Å²) in [5, 5.41) is 11.3. The summed E-state index contributed by atoms with van der Waals surface area (Å²) in [7, 11) is 0. The molecule has 0 heterocycles. The van der Waals surface area contributed by atoms with Gasteiger partial charge in [0.2, 0.25) is 0 Å². The van der Waals surface area contributed by atoms with Crippen molar-refractivity contribution in [3.63, 3.8) is 0 Å². The van der Waals surface area contributed by atoms with Gasteiger partial charge in [-0.2, -0.15) is 5.26 Å². The van der Waals surface area contributed by atoms with Gasteiger partial charge in [0.15, 0.2) is 0 Å². The van der Waals surface area contributed by atoms with Gasteiger partial charge in [-0.05, 0) is 20.8 Å². The number of urea groups is 1. The maximum absolute atomic E-state index is 11.3. The molecule has 0 spiro atoms. The monoisotopic (exact) mass is 183 g/mol. The fraction of sp³-hybridized carbons (Fsp3) is 0.778. The molecule has 4 nitrogen and oxygen atoms in total. The zero-order chi connectivity index (χ0) is 10.3. The van der Waals surface area contributed by atoms with Crippen LogP contribution in [-0.4, -0.2) is 30.6 Å². The zero-order valence-corrected chi connectivity index (χ0v) is 8.50. The van der Waals surface area contributed by atoms with E-state index in [0.29, 0.717) is 19.6 Å². The number of nitriles is 1. The Kier molecular flexibility index (Phi) is 5.69. The van der Waals surface area contributed by atoms with Crippen LogP contribution in [-0.2, 0) is 0 Å². The SMILES string of the molecule is CCNC(=O)N(CC)CC(C)C#N. The minimum Gasteiger partial charge on any atom is -0.338 e. The smallest absolute Gasteiger partial charge is 0.317 e. The Hall–Kier alpha value is -1.24. The normalized spacial score (nSPS) is 11.5. The van der Waals surface area contributed by atoms with Gasteiger partial charge < -0.3 is 10.2 Å². The van der Waals surface area contributed by atoms with E-state index in [1.54, 1.807) is 4.90 Å². The van der Waals surface area contributed by atoms with E-state index in [9.17, 15) is 4.79 Å². The topological polar surface area (TPSA) is 56.1 Å². The third-order valence-corrected chi connectivity index (χ3v) is 1.71. The van der Waals surface area contributed by atoms with Gasteiger partial charge in [0.05, 0.1) is 12.0 Å². The largest absolute Gasteiger partial charge is 0.338 e. The molecule has 0 aliphatic rings. The minimum atomic E-state index is -0.109. The molecule has 0 aliphatic carbocycles. The van der Waals surface area contributed by atoms with Crippen molar-refractivity contribution in [1.82, 2.24) is 10.2 Å². The second-order valence-corrected chi connectivity index (χ2v) is 2.90. The van der Waals surface area contributed by atoms with Crippen LogP contribution in [0.1, 0.15) is 20.8 Å². The molecule has 13 heavy (non-hydrogen) atoms. The lowest BCUT2D eigenvalue weighted by Crippen LogP contribution is -2.41. The molecule has 0 aromatic carbocycles. The molecule has 74 valence electrons. The van der Waals surface area contributed by atoms with Gasteiger partial charge in [-0.15, -0.1) is 0 Å². The summed E-state index contributed by atoms with van der Waals surface area (Å²) in [5.41, 5.74) is 0. The van der Waals surface area contributed by atoms with Crippen molar-refractivity contribution >= 4 is 6.03 Å². The number of carbonyl (C=O) groups is 1. The van der Waals surface area contributed by atoms with Crippen LogP contribution >= 0.6 is 0 Å². The standard InChI is InChI=1S/C9H17N3O/c1-4-11-9(13)12(5-2)7-8(3)6-10/h8H,4-5,7H2,1-3H3,(H,11,13). The Bertz CT molecular complexity index is 198. The Balaban J connectivity index is 4.03. The Morgan fingerprint density at radius 2 is 2.23 bits per heavy atom. The summed E-state index contributed by atoms with van der Waals surface area (Å²) in [6.45, 7) is 7.34. The molecule has 0 rings (SSSR count). The first kappa shape index (κ1) is 11.8. The van der Waals surface area contributed by atoms with Crippen molar-refractivity contribution in [3.8, 4) is 6.07 Å². The lowest BCUT2D eigenvalue weighted by atomic mass is 10.2. The highest BCUT2D eigenvalue weighted by molar-refractivity contribution is 5.74. The van der Waals surface area contributed by atoms with Gasteiger partial charge in [0, 0.05) is 19.6 Å². The predicted molar refractivity (Wildman–Crippen MR) is 51.1 cm³/mol. The summed E-state index contributed by atoms with van der Waals surface area (Å²) in [4.78, 5) is 13.0. The summed E-state index contributed by atoms with van der Waals surface area (Å²) in [6.07, 6.45) is 0. The highest BCUT2D eigenvalue weighted by Crippen LogP contribution is 1.98. The second kappa shape index (κ2) is 6.30. The Morgan fingerprint density at radius 3 is 2.62 bits per heavy atom. The molecule has 0 bridgehead atoms. The molecule has 0 aliphatic heterocycles. The van der Waals surface area contributed by atoms with Crippen molar-refractivity contribution in [2.45, 2.75) is 20.8 Å². The number of hydrogen-bond acceptors (Lipinski definition) is 2. The van der Waals surface area contributed by atoms with Crippen molar-refractivity contribution in [1.29, 1.82) is 5.26 Å². The van der Waals surface area contributed by atoms with E-state index < -0.39 is 0 Å². The molecule has 1 unspecified atom stereocenters. The molecule has 1 N–H and O–H groups in total. The molecule has 0 saturated carbocycles. The first-order valence-corrected chi connectivity index (χ1v) is 4.58. The van der Waals surface area contributed by atoms with E-state index in [2.05, 4.69) is 11.4 Å². The van der Waals surface area contributed by atoms with E-state index in [4.69, 9.17) is 5.26 Å². The summed E-state index contributed by atoms with van der Waals surface area (Å²) in [6, 6.07) is 2.01. The van der Waals surface area contributed by atoms with Gasteiger partial charge in [-0.3, -0.25) is 0 Å². The molecule has 2 amide bonds. The number of amides is 2. The first-order chi connectivity index (χ1) is 6.15. The summed E-state index contributed by atoms with van der Waals surface area (Å²) >= 11 is 0. The van der Waals surface area contributed by atoms with Crippen LogP contribution in [0, 0.1) is 17.2 Å². The average Bonchev–Trinajstić information content (AvgIpc) is 2.14. The molecule has 1 atom stereocenters. The van der Waals surface area contributed by atoms with E-state index >= 15 is 0 Å². The number of rotatable bonds is 4. The third kappa shape index (κ3) is 4.36. The maximum Gasteiger partial charge on any atom is 0.317 e. The number of nitrogens with zero attached hydrogens (tertiary/aromatic N) is 2. The van der Waals surface area contributed by atoms with E-state index in [1.165, 1.54) is 0 Å². The van der Waals surface area contributed by atoms with Gasteiger partial charge in [-0.1, -0.05) is 0 Å². The van der Waals surface area contributed by atoms with Crippen LogP contribution in [0.2, 0.25) is 0 Å². The quantitative estimate of drug-likeness (QED) is 0.712. The van der Waals surface area contributed by atoms with Crippen LogP contribution < -0.4 is 5.32 Å². The van der Waals surface area contributed by atoms with Crippen molar-refractivity contribution < 1.29 is 4.79 Å². The van der Waals surface area contributed by atoms with Gasteiger partial charge in [-0.25, -0.2) is 4.79 Å². The molecule has 0 saturated heterocycles. The van der Waals surface area contributed by atoms with Gasteiger partial charge in [0.25, 0.3) is 0 Å². The molecular formula is C9H17N3O. The Labute approximate surface area is 79.5 Å². The molecule has 0 fully saturated rings. The Morgan fingerprint density at radius 1 is 1.62 bits per heavy atom. The summed E-state index contributed by atoms with van der Waals surface area (Å²) in [5.74, 6) is -0.109. The molecule has 0 aromatic rings. The fourth-order valence-corrected chi connectivity index (χ4v) is 0.990. The number of carbonyl (C=O) groups excluding carboxylic acids is 1. The average molecular weight is 183 g/mol. The predicted octanol–water partition coefficient (Wildman–Crippen LogP) is 1.20. The first-order valence-electron chi connectivity index (χ1n) is 4.58. The van der Waals surface area contributed by atoms with Crippen LogP contribution in [0.25, 0.3) is 0 Å². The summed E-state index contributed by atoms with van der Waals surface area (Å²) < 4.78 is 0. The van der Waals surface area contributed by atoms with Crippen LogP contribution in [0.4, 0.5) is 4.79 Å². The lowest BCUT2D eigenvalue weighted by molar-refractivity contribution is 0.197. The van der Waals surface area contributed by atoms with E-state index in [-0.39, 0.29) is 11.9 Å². The van der Waals surface area contributed by atoms with Crippen molar-refractivity contribution in [2.24, 2.45) is 5.92 Å². The molecule has 4 heteroatoms. The third-order valence-electron chi connectivity index (χ3n) is 1.71. The highest BCUT2D eigenvalue weighted by atomic mass is 16.2. The minimum absolute atomic E-state index is 0.0906. The lowest BCUT2D eigenvalue weighted by Gasteiger charge is -2.21.